The number of hydrogen-bond acceptors (Lipinski definition) is 5. The molecule has 136 valence electrons. The van der Waals surface area contributed by atoms with E-state index in [1.54, 1.807) is 11.0 Å². The largest absolute Gasteiger partial charge is 0.342 e. The molecule has 2 aromatic rings. The van der Waals surface area contributed by atoms with Crippen LogP contribution in [0.1, 0.15) is 27.3 Å². The lowest BCUT2D eigenvalue weighted by Gasteiger charge is -2.32. The SMILES string of the molecule is Cc1ccc(C)c(NC(=O)c2cc(C)nc(N3CCN(C=O)CC3)n2)c1. The van der Waals surface area contributed by atoms with E-state index in [1.807, 2.05) is 43.9 Å². The molecule has 1 aliphatic rings. The van der Waals surface area contributed by atoms with Crippen LogP contribution in [0, 0.1) is 20.8 Å². The normalized spacial score (nSPS) is 14.3. The van der Waals surface area contributed by atoms with Gasteiger partial charge in [-0.1, -0.05) is 12.1 Å². The summed E-state index contributed by atoms with van der Waals surface area (Å²) in [5, 5.41) is 2.94. The Labute approximate surface area is 153 Å². The van der Waals surface area contributed by atoms with Gasteiger partial charge in [0.05, 0.1) is 0 Å². The average Bonchev–Trinajstić information content (AvgIpc) is 2.64. The van der Waals surface area contributed by atoms with Crippen LogP contribution in [0.5, 0.6) is 0 Å². The van der Waals surface area contributed by atoms with Gasteiger partial charge in [0.1, 0.15) is 5.69 Å². The van der Waals surface area contributed by atoms with E-state index in [0.29, 0.717) is 37.8 Å². The molecule has 0 bridgehead atoms. The number of carbonyl (C=O) groups excluding carboxylic acids is 2. The number of aryl methyl sites for hydroxylation is 3. The molecule has 0 spiro atoms. The molecule has 1 fully saturated rings. The standard InChI is InChI=1S/C19H23N5O2/c1-13-4-5-14(2)16(10-13)21-18(26)17-11-15(3)20-19(22-17)24-8-6-23(12-25)7-9-24/h4-5,10-12H,6-9H2,1-3H3,(H,21,26). The fraction of sp³-hybridized carbons (Fsp3) is 0.368. The van der Waals surface area contributed by atoms with Crippen LogP contribution in [0.25, 0.3) is 0 Å². The van der Waals surface area contributed by atoms with Crippen molar-refractivity contribution in [1.82, 2.24) is 14.9 Å². The van der Waals surface area contributed by atoms with Gasteiger partial charge >= 0.3 is 0 Å². The van der Waals surface area contributed by atoms with Crippen molar-refractivity contribution >= 4 is 24.0 Å². The molecule has 0 radical (unpaired) electrons. The maximum Gasteiger partial charge on any atom is 0.274 e. The van der Waals surface area contributed by atoms with E-state index in [9.17, 15) is 9.59 Å². The van der Waals surface area contributed by atoms with Crippen molar-refractivity contribution in [3.05, 3.63) is 46.8 Å². The van der Waals surface area contributed by atoms with Crippen LogP contribution in [0.3, 0.4) is 0 Å². The molecule has 0 atom stereocenters. The van der Waals surface area contributed by atoms with E-state index in [2.05, 4.69) is 15.3 Å². The highest BCUT2D eigenvalue weighted by Gasteiger charge is 2.20. The van der Waals surface area contributed by atoms with Gasteiger partial charge in [-0.2, -0.15) is 0 Å². The van der Waals surface area contributed by atoms with Crippen LogP contribution in [-0.2, 0) is 4.79 Å². The molecule has 0 aliphatic carbocycles. The Morgan fingerprint density at radius 1 is 1.08 bits per heavy atom. The lowest BCUT2D eigenvalue weighted by Crippen LogP contribution is -2.46. The molecule has 1 saturated heterocycles. The summed E-state index contributed by atoms with van der Waals surface area (Å²) < 4.78 is 0. The van der Waals surface area contributed by atoms with E-state index in [0.717, 1.165) is 28.9 Å². The van der Waals surface area contributed by atoms with Gasteiger partial charge in [-0.05, 0) is 44.0 Å². The number of piperazine rings is 1. The minimum atomic E-state index is -0.253. The quantitative estimate of drug-likeness (QED) is 0.850. The number of benzene rings is 1. The number of nitrogens with one attached hydrogen (secondary N) is 1. The minimum Gasteiger partial charge on any atom is -0.342 e. The molecule has 2 amide bonds. The molecule has 1 aromatic heterocycles. The average molecular weight is 353 g/mol. The van der Waals surface area contributed by atoms with Crippen molar-refractivity contribution in [2.24, 2.45) is 0 Å². The summed E-state index contributed by atoms with van der Waals surface area (Å²) in [5.74, 6) is 0.277. The van der Waals surface area contributed by atoms with Gasteiger partial charge in [0.15, 0.2) is 0 Å². The van der Waals surface area contributed by atoms with Crippen molar-refractivity contribution in [2.45, 2.75) is 20.8 Å². The topological polar surface area (TPSA) is 78.4 Å². The molecule has 1 aliphatic heterocycles. The van der Waals surface area contributed by atoms with Crippen LogP contribution < -0.4 is 10.2 Å². The Bertz CT molecular complexity index is 829. The van der Waals surface area contributed by atoms with Crippen molar-refractivity contribution in [3.63, 3.8) is 0 Å². The van der Waals surface area contributed by atoms with E-state index >= 15 is 0 Å². The Kier molecular flexibility index (Phi) is 5.16. The summed E-state index contributed by atoms with van der Waals surface area (Å²) in [5.41, 5.74) is 3.94. The molecule has 1 N–H and O–H groups in total. The number of nitrogens with zero attached hydrogens (tertiary/aromatic N) is 4. The molecular formula is C19H23N5O2. The third-order valence-corrected chi connectivity index (χ3v) is 4.46. The van der Waals surface area contributed by atoms with Crippen LogP contribution in [0.4, 0.5) is 11.6 Å². The first-order valence-corrected chi connectivity index (χ1v) is 8.65. The van der Waals surface area contributed by atoms with Crippen molar-refractivity contribution in [1.29, 1.82) is 0 Å². The summed E-state index contributed by atoms with van der Waals surface area (Å²) in [4.78, 5) is 36.2. The number of hydrogen-bond donors (Lipinski definition) is 1. The van der Waals surface area contributed by atoms with Crippen LogP contribution in [0.2, 0.25) is 0 Å². The second kappa shape index (κ2) is 7.51. The molecule has 1 aromatic carbocycles. The number of anilines is 2. The Morgan fingerprint density at radius 3 is 2.50 bits per heavy atom. The van der Waals surface area contributed by atoms with Crippen molar-refractivity contribution in [3.8, 4) is 0 Å². The Morgan fingerprint density at radius 2 is 1.81 bits per heavy atom. The zero-order valence-electron chi connectivity index (χ0n) is 15.3. The van der Waals surface area contributed by atoms with Gasteiger partial charge in [0.25, 0.3) is 5.91 Å². The first-order valence-electron chi connectivity index (χ1n) is 8.65. The van der Waals surface area contributed by atoms with Crippen LogP contribution in [-0.4, -0.2) is 53.4 Å². The predicted molar refractivity (Wildman–Crippen MR) is 100 cm³/mol. The second-order valence-electron chi connectivity index (χ2n) is 6.60. The lowest BCUT2D eigenvalue weighted by molar-refractivity contribution is -0.118. The van der Waals surface area contributed by atoms with E-state index in [4.69, 9.17) is 0 Å². The monoisotopic (exact) mass is 353 g/mol. The van der Waals surface area contributed by atoms with E-state index < -0.39 is 0 Å². The minimum absolute atomic E-state index is 0.253. The summed E-state index contributed by atoms with van der Waals surface area (Å²) in [7, 11) is 0. The molecule has 2 heterocycles. The number of rotatable bonds is 4. The predicted octanol–water partition coefficient (Wildman–Crippen LogP) is 1.93. The molecule has 7 heteroatoms. The number of aromatic nitrogens is 2. The zero-order valence-corrected chi connectivity index (χ0v) is 15.3. The molecule has 0 saturated carbocycles. The summed E-state index contributed by atoms with van der Waals surface area (Å²) in [6.07, 6.45) is 0.859. The maximum atomic E-state index is 12.7. The summed E-state index contributed by atoms with van der Waals surface area (Å²) in [6.45, 7) is 8.36. The molecule has 7 nitrogen and oxygen atoms in total. The molecular weight excluding hydrogens is 330 g/mol. The van der Waals surface area contributed by atoms with E-state index in [1.165, 1.54) is 0 Å². The summed E-state index contributed by atoms with van der Waals surface area (Å²) >= 11 is 0. The highest BCUT2D eigenvalue weighted by Crippen LogP contribution is 2.18. The fourth-order valence-electron chi connectivity index (χ4n) is 2.89. The molecule has 26 heavy (non-hydrogen) atoms. The van der Waals surface area contributed by atoms with Gasteiger partial charge in [0.2, 0.25) is 12.4 Å². The number of carbonyl (C=O) groups is 2. The zero-order chi connectivity index (χ0) is 18.7. The van der Waals surface area contributed by atoms with Gasteiger partial charge in [-0.15, -0.1) is 0 Å². The van der Waals surface area contributed by atoms with Crippen LogP contribution >= 0.6 is 0 Å². The first-order chi connectivity index (χ1) is 12.5. The highest BCUT2D eigenvalue weighted by molar-refractivity contribution is 6.03. The van der Waals surface area contributed by atoms with Gasteiger partial charge in [-0.3, -0.25) is 9.59 Å². The second-order valence-corrected chi connectivity index (χ2v) is 6.60. The summed E-state index contributed by atoms with van der Waals surface area (Å²) in [6, 6.07) is 7.62. The lowest BCUT2D eigenvalue weighted by atomic mass is 10.1. The fourth-order valence-corrected chi connectivity index (χ4v) is 2.89. The van der Waals surface area contributed by atoms with Crippen molar-refractivity contribution in [2.75, 3.05) is 36.4 Å². The van der Waals surface area contributed by atoms with Crippen molar-refractivity contribution < 1.29 is 9.59 Å². The van der Waals surface area contributed by atoms with Gasteiger partial charge in [-0.25, -0.2) is 9.97 Å². The highest BCUT2D eigenvalue weighted by atomic mass is 16.2. The molecule has 3 rings (SSSR count). The number of amides is 2. The van der Waals surface area contributed by atoms with E-state index in [-0.39, 0.29) is 5.91 Å². The third-order valence-electron chi connectivity index (χ3n) is 4.46. The van der Waals surface area contributed by atoms with Gasteiger partial charge < -0.3 is 15.1 Å². The first kappa shape index (κ1) is 17.8. The maximum absolute atomic E-state index is 12.7. The third kappa shape index (κ3) is 3.99. The Balaban J connectivity index is 1.80. The Hall–Kier alpha value is -2.96. The smallest absolute Gasteiger partial charge is 0.274 e. The van der Waals surface area contributed by atoms with Crippen LogP contribution in [0.15, 0.2) is 24.3 Å². The molecule has 0 unspecified atom stereocenters. The van der Waals surface area contributed by atoms with Gasteiger partial charge in [0, 0.05) is 37.6 Å².